The van der Waals surface area contributed by atoms with Gasteiger partial charge in [0, 0.05) is 0 Å². The van der Waals surface area contributed by atoms with E-state index in [2.05, 4.69) is 4.74 Å². The molecule has 0 heterocycles. The molecule has 0 radical (unpaired) electrons. The Balaban J connectivity index is 3.99. The summed E-state index contributed by atoms with van der Waals surface area (Å²) in [6.07, 6.45) is 1.27. The van der Waals surface area contributed by atoms with Crippen LogP contribution in [0.5, 0.6) is 0 Å². The normalized spacial score (nSPS) is 12.5. The number of rotatable bonds is 8. The van der Waals surface area contributed by atoms with Gasteiger partial charge in [-0.3, -0.25) is 4.79 Å². The van der Waals surface area contributed by atoms with Crippen molar-refractivity contribution >= 4 is 15.8 Å². The molecule has 0 rings (SSSR count). The summed E-state index contributed by atoms with van der Waals surface area (Å²) in [5.41, 5.74) is 5.53. The second-order valence-electron chi connectivity index (χ2n) is 4.95. The third-order valence-corrected chi connectivity index (χ3v) is 4.44. The predicted molar refractivity (Wildman–Crippen MR) is 67.4 cm³/mol. The molecule has 0 bridgehead atoms. The van der Waals surface area contributed by atoms with Crippen molar-refractivity contribution in [1.29, 1.82) is 0 Å². The number of hydrogen-bond donors (Lipinski definition) is 1. The first-order valence-electron chi connectivity index (χ1n) is 5.70. The molecule has 2 N–H and O–H groups in total. The van der Waals surface area contributed by atoms with Gasteiger partial charge in [0.2, 0.25) is 0 Å². The van der Waals surface area contributed by atoms with Crippen LogP contribution in [0, 0.1) is 5.41 Å². The van der Waals surface area contributed by atoms with Crippen LogP contribution in [0.1, 0.15) is 33.1 Å². The quantitative estimate of drug-likeness (QED) is 0.654. The average molecular weight is 265 g/mol. The zero-order chi connectivity index (χ0) is 13.5. The van der Waals surface area contributed by atoms with Crippen molar-refractivity contribution in [2.24, 2.45) is 11.1 Å². The van der Waals surface area contributed by atoms with Gasteiger partial charge in [-0.05, 0) is 24.8 Å². The van der Waals surface area contributed by atoms with E-state index >= 15 is 0 Å². The van der Waals surface area contributed by atoms with E-state index in [0.717, 1.165) is 6.42 Å². The molecular weight excluding hydrogens is 242 g/mol. The maximum atomic E-state index is 11.6. The molecule has 6 heteroatoms. The largest absolute Gasteiger partial charge is 0.469 e. The van der Waals surface area contributed by atoms with Crippen molar-refractivity contribution in [2.75, 3.05) is 25.2 Å². The fourth-order valence-electron chi connectivity index (χ4n) is 1.32. The minimum absolute atomic E-state index is 0.0299. The molecule has 102 valence electrons. The average Bonchev–Trinajstić information content (AvgIpc) is 2.25. The lowest BCUT2D eigenvalue weighted by Gasteiger charge is -2.21. The lowest BCUT2D eigenvalue weighted by Crippen LogP contribution is -2.24. The molecule has 0 amide bonds. The summed E-state index contributed by atoms with van der Waals surface area (Å²) in [5.74, 6) is -0.522. The van der Waals surface area contributed by atoms with Crippen LogP contribution < -0.4 is 5.73 Å². The molecule has 17 heavy (non-hydrogen) atoms. The van der Waals surface area contributed by atoms with Crippen molar-refractivity contribution in [3.8, 4) is 0 Å². The van der Waals surface area contributed by atoms with E-state index in [4.69, 9.17) is 5.73 Å². The number of esters is 1. The van der Waals surface area contributed by atoms with Gasteiger partial charge in [0.05, 0.1) is 25.0 Å². The van der Waals surface area contributed by atoms with Gasteiger partial charge >= 0.3 is 5.97 Å². The minimum Gasteiger partial charge on any atom is -0.469 e. The fraction of sp³-hybridized carbons (Fsp3) is 0.909. The van der Waals surface area contributed by atoms with E-state index in [1.165, 1.54) is 7.11 Å². The third kappa shape index (κ3) is 8.15. The Kier molecular flexibility index (Phi) is 6.70. The van der Waals surface area contributed by atoms with E-state index in [-0.39, 0.29) is 23.3 Å². The van der Waals surface area contributed by atoms with Gasteiger partial charge in [0.1, 0.15) is 0 Å². The van der Waals surface area contributed by atoms with Crippen LogP contribution in [0.15, 0.2) is 0 Å². The molecule has 5 nitrogen and oxygen atoms in total. The first-order valence-corrected chi connectivity index (χ1v) is 7.52. The smallest absolute Gasteiger partial charge is 0.306 e. The van der Waals surface area contributed by atoms with Crippen LogP contribution in [0.3, 0.4) is 0 Å². The molecule has 0 aromatic heterocycles. The molecule has 0 aliphatic rings. The van der Waals surface area contributed by atoms with Gasteiger partial charge in [-0.25, -0.2) is 8.42 Å². The third-order valence-electron chi connectivity index (χ3n) is 2.71. The Morgan fingerprint density at radius 1 is 1.29 bits per heavy atom. The summed E-state index contributed by atoms with van der Waals surface area (Å²) in [5, 5.41) is 0. The summed E-state index contributed by atoms with van der Waals surface area (Å²) >= 11 is 0. The van der Waals surface area contributed by atoms with Crippen LogP contribution >= 0.6 is 0 Å². The van der Waals surface area contributed by atoms with Crippen molar-refractivity contribution in [1.82, 2.24) is 0 Å². The summed E-state index contributed by atoms with van der Waals surface area (Å²) < 4.78 is 27.6. The Morgan fingerprint density at radius 2 is 1.88 bits per heavy atom. The number of ether oxygens (including phenoxy) is 1. The molecule has 0 fully saturated rings. The van der Waals surface area contributed by atoms with Gasteiger partial charge in [0.25, 0.3) is 0 Å². The van der Waals surface area contributed by atoms with Gasteiger partial charge in [-0.2, -0.15) is 0 Å². The molecule has 0 unspecified atom stereocenters. The molecular formula is C11H23NO4S. The summed E-state index contributed by atoms with van der Waals surface area (Å²) in [4.78, 5) is 10.8. The number of carbonyl (C=O) groups excluding carboxylic acids is 1. The standard InChI is InChI=1S/C11H23NO4S/c1-11(2,9-12)6-4-7-17(14,15)8-5-10(13)16-3/h4-9,12H2,1-3H3. The monoisotopic (exact) mass is 265 g/mol. The lowest BCUT2D eigenvalue weighted by molar-refractivity contribution is -0.140. The summed E-state index contributed by atoms with van der Waals surface area (Å²) in [7, 11) is -1.91. The Bertz CT molecular complexity index is 335. The number of methoxy groups -OCH3 is 1. The van der Waals surface area contributed by atoms with E-state index in [1.54, 1.807) is 0 Å². The van der Waals surface area contributed by atoms with E-state index in [0.29, 0.717) is 13.0 Å². The molecule has 0 saturated carbocycles. The van der Waals surface area contributed by atoms with Gasteiger partial charge < -0.3 is 10.5 Å². The van der Waals surface area contributed by atoms with Crippen LogP contribution in [0.25, 0.3) is 0 Å². The highest BCUT2D eigenvalue weighted by Crippen LogP contribution is 2.20. The molecule has 0 aromatic carbocycles. The Hall–Kier alpha value is -0.620. The molecule has 0 saturated heterocycles. The predicted octanol–water partition coefficient (Wildman–Crippen LogP) is 0.729. The zero-order valence-corrected chi connectivity index (χ0v) is 11.7. The Morgan fingerprint density at radius 3 is 2.35 bits per heavy atom. The minimum atomic E-state index is -3.16. The lowest BCUT2D eigenvalue weighted by atomic mass is 9.88. The van der Waals surface area contributed by atoms with Crippen LogP contribution in [0.2, 0.25) is 0 Å². The van der Waals surface area contributed by atoms with Gasteiger partial charge in [-0.1, -0.05) is 13.8 Å². The maximum absolute atomic E-state index is 11.6. The first kappa shape index (κ1) is 16.4. The van der Waals surface area contributed by atoms with Crippen molar-refractivity contribution in [3.05, 3.63) is 0 Å². The zero-order valence-electron chi connectivity index (χ0n) is 10.9. The molecule has 0 atom stereocenters. The highest BCUT2D eigenvalue weighted by molar-refractivity contribution is 7.91. The highest BCUT2D eigenvalue weighted by Gasteiger charge is 2.18. The van der Waals surface area contributed by atoms with Crippen LogP contribution in [-0.2, 0) is 19.4 Å². The fourth-order valence-corrected chi connectivity index (χ4v) is 2.58. The molecule has 0 aliphatic heterocycles. The topological polar surface area (TPSA) is 86.5 Å². The Labute approximate surface area is 104 Å². The van der Waals surface area contributed by atoms with Crippen LogP contribution in [0.4, 0.5) is 0 Å². The SMILES string of the molecule is COC(=O)CCS(=O)(=O)CCCC(C)(C)CN. The maximum Gasteiger partial charge on any atom is 0.306 e. The molecule has 0 aliphatic carbocycles. The first-order chi connectivity index (χ1) is 7.72. The number of carbonyl (C=O) groups is 1. The molecule has 0 aromatic rings. The van der Waals surface area contributed by atoms with E-state index in [9.17, 15) is 13.2 Å². The van der Waals surface area contributed by atoms with E-state index in [1.807, 2.05) is 13.8 Å². The van der Waals surface area contributed by atoms with Gasteiger partial charge in [0.15, 0.2) is 9.84 Å². The summed E-state index contributed by atoms with van der Waals surface area (Å²) in [6.45, 7) is 4.55. The number of sulfone groups is 1. The highest BCUT2D eigenvalue weighted by atomic mass is 32.2. The molecule has 0 spiro atoms. The second kappa shape index (κ2) is 6.96. The second-order valence-corrected chi connectivity index (χ2v) is 7.25. The number of nitrogens with two attached hydrogens (primary N) is 1. The number of hydrogen-bond acceptors (Lipinski definition) is 5. The van der Waals surface area contributed by atoms with Crippen molar-refractivity contribution in [3.63, 3.8) is 0 Å². The van der Waals surface area contributed by atoms with Crippen molar-refractivity contribution in [2.45, 2.75) is 33.1 Å². The van der Waals surface area contributed by atoms with Gasteiger partial charge in [-0.15, -0.1) is 0 Å². The van der Waals surface area contributed by atoms with Crippen molar-refractivity contribution < 1.29 is 17.9 Å². The van der Waals surface area contributed by atoms with E-state index < -0.39 is 15.8 Å². The van der Waals surface area contributed by atoms with Crippen LogP contribution in [-0.4, -0.2) is 39.5 Å². The summed E-state index contributed by atoms with van der Waals surface area (Å²) in [6, 6.07) is 0.